The monoisotopic (exact) mass is 541 g/mol. The van der Waals surface area contributed by atoms with Gasteiger partial charge in [0.25, 0.3) is 0 Å². The summed E-state index contributed by atoms with van der Waals surface area (Å²) in [5.74, 6) is -3.79. The lowest BCUT2D eigenvalue weighted by atomic mass is 9.97. The molecule has 13 nitrogen and oxygen atoms in total. The van der Waals surface area contributed by atoms with Gasteiger partial charge in [0, 0.05) is 35.4 Å². The van der Waals surface area contributed by atoms with Gasteiger partial charge in [-0.25, -0.2) is 9.78 Å². The van der Waals surface area contributed by atoms with Crippen LogP contribution in [0.15, 0.2) is 43.0 Å². The van der Waals surface area contributed by atoms with Crippen molar-refractivity contribution in [2.24, 2.45) is 11.7 Å². The molecular formula is C26H35N7O6. The van der Waals surface area contributed by atoms with Crippen LogP contribution in [0.4, 0.5) is 0 Å². The normalized spacial score (nSPS) is 15.1. The van der Waals surface area contributed by atoms with Gasteiger partial charge in [0.1, 0.15) is 18.1 Å². The standard InChI is InChI=1S/C26H35N7O6/c1-3-14(2)22(25(37)31-20(26(38)39)9-16-11-28-13-30-16)33-24(36)21(12-34)32-23(35)18(27)8-15-10-29-19-7-5-4-6-17(15)19/h4-7,10-11,13-14,18,20-22,29,34H,3,8-9,12,27H2,1-2H3,(H,28,30)(H,31,37)(H,32,35)(H,33,36)(H,38,39). The summed E-state index contributed by atoms with van der Waals surface area (Å²) in [6.07, 6.45) is 5.26. The quantitative estimate of drug-likeness (QED) is 0.134. The Labute approximate surface area is 225 Å². The highest BCUT2D eigenvalue weighted by atomic mass is 16.4. The number of hydrogen-bond donors (Lipinski definition) is 8. The number of para-hydroxylation sites is 1. The number of carboxylic acid groups (broad SMARTS) is 1. The molecule has 3 rings (SSSR count). The lowest BCUT2D eigenvalue weighted by molar-refractivity contribution is -0.142. The summed E-state index contributed by atoms with van der Waals surface area (Å²) in [5, 5.41) is 27.8. The van der Waals surface area contributed by atoms with E-state index in [-0.39, 0.29) is 18.8 Å². The van der Waals surface area contributed by atoms with E-state index in [1.807, 2.05) is 31.2 Å². The summed E-state index contributed by atoms with van der Waals surface area (Å²) in [5.41, 5.74) is 8.34. The Bertz CT molecular complexity index is 1270. The number of aliphatic carboxylic acids is 1. The molecule has 3 aromatic rings. The molecule has 0 fully saturated rings. The summed E-state index contributed by atoms with van der Waals surface area (Å²) < 4.78 is 0. The Morgan fingerprint density at radius 2 is 1.72 bits per heavy atom. The minimum atomic E-state index is -1.37. The van der Waals surface area contributed by atoms with Gasteiger partial charge >= 0.3 is 5.97 Å². The second-order valence-corrected chi connectivity index (χ2v) is 9.47. The molecule has 0 spiro atoms. The minimum absolute atomic E-state index is 0.0358. The number of benzene rings is 1. The Kier molecular flexibility index (Phi) is 10.2. The van der Waals surface area contributed by atoms with Crippen molar-refractivity contribution < 1.29 is 29.4 Å². The van der Waals surface area contributed by atoms with E-state index in [9.17, 15) is 29.4 Å². The molecule has 0 aliphatic rings. The van der Waals surface area contributed by atoms with Crippen LogP contribution in [-0.4, -0.2) is 79.6 Å². The van der Waals surface area contributed by atoms with E-state index in [4.69, 9.17) is 5.73 Å². The van der Waals surface area contributed by atoms with Gasteiger partial charge in [-0.3, -0.25) is 14.4 Å². The first-order valence-electron chi connectivity index (χ1n) is 12.7. The largest absolute Gasteiger partial charge is 0.480 e. The summed E-state index contributed by atoms with van der Waals surface area (Å²) in [6, 6.07) is 2.81. The Morgan fingerprint density at radius 3 is 2.36 bits per heavy atom. The predicted molar refractivity (Wildman–Crippen MR) is 142 cm³/mol. The third kappa shape index (κ3) is 7.65. The molecule has 2 heterocycles. The number of aliphatic hydroxyl groups excluding tert-OH is 1. The molecule has 1 aromatic carbocycles. The van der Waals surface area contributed by atoms with E-state index in [0.29, 0.717) is 12.1 Å². The predicted octanol–water partition coefficient (Wildman–Crippen LogP) is -0.419. The molecule has 9 N–H and O–H groups in total. The molecule has 0 aliphatic carbocycles. The lowest BCUT2D eigenvalue weighted by Gasteiger charge is -2.27. The number of nitrogens with one attached hydrogen (secondary N) is 5. The Balaban J connectivity index is 1.64. The van der Waals surface area contributed by atoms with E-state index < -0.39 is 54.5 Å². The molecule has 0 saturated heterocycles. The minimum Gasteiger partial charge on any atom is -0.480 e. The van der Waals surface area contributed by atoms with Crippen LogP contribution in [0, 0.1) is 5.92 Å². The first kappa shape index (κ1) is 29.3. The van der Waals surface area contributed by atoms with Gasteiger partial charge in [0.15, 0.2) is 0 Å². The fourth-order valence-corrected chi connectivity index (χ4v) is 4.14. The number of nitrogens with two attached hydrogens (primary N) is 1. The van der Waals surface area contributed by atoms with Crippen LogP contribution in [0.1, 0.15) is 31.5 Å². The summed E-state index contributed by atoms with van der Waals surface area (Å²) >= 11 is 0. The maximum absolute atomic E-state index is 13.1. The second-order valence-electron chi connectivity index (χ2n) is 9.47. The van der Waals surface area contributed by atoms with Crippen molar-refractivity contribution in [1.82, 2.24) is 30.9 Å². The number of aliphatic hydroxyl groups is 1. The summed E-state index contributed by atoms with van der Waals surface area (Å²) in [7, 11) is 0. The number of carbonyl (C=O) groups excluding carboxylic acids is 3. The van der Waals surface area contributed by atoms with Crippen molar-refractivity contribution in [1.29, 1.82) is 0 Å². The highest BCUT2D eigenvalue weighted by Crippen LogP contribution is 2.19. The van der Waals surface area contributed by atoms with Gasteiger partial charge in [-0.15, -0.1) is 0 Å². The van der Waals surface area contributed by atoms with Gasteiger partial charge < -0.3 is 41.9 Å². The number of aromatic nitrogens is 3. The van der Waals surface area contributed by atoms with E-state index in [2.05, 4.69) is 30.9 Å². The smallest absolute Gasteiger partial charge is 0.326 e. The fraction of sp³-hybridized carbons (Fsp3) is 0.423. The number of nitrogens with zero attached hydrogens (tertiary/aromatic N) is 1. The van der Waals surface area contributed by atoms with Crippen molar-refractivity contribution >= 4 is 34.6 Å². The zero-order valence-electron chi connectivity index (χ0n) is 21.8. The van der Waals surface area contributed by atoms with Crippen LogP contribution in [0.5, 0.6) is 0 Å². The maximum atomic E-state index is 13.1. The molecule has 0 bridgehead atoms. The number of fused-ring (bicyclic) bond motifs is 1. The van der Waals surface area contributed by atoms with Gasteiger partial charge in [-0.05, 0) is 24.0 Å². The number of carboxylic acids is 1. The number of carbonyl (C=O) groups is 4. The molecule has 2 aromatic heterocycles. The highest BCUT2D eigenvalue weighted by Gasteiger charge is 2.33. The Morgan fingerprint density at radius 1 is 1.00 bits per heavy atom. The van der Waals surface area contributed by atoms with E-state index in [0.717, 1.165) is 16.5 Å². The molecule has 3 amide bonds. The van der Waals surface area contributed by atoms with Gasteiger partial charge in [0.2, 0.25) is 17.7 Å². The molecule has 0 radical (unpaired) electrons. The van der Waals surface area contributed by atoms with E-state index in [1.54, 1.807) is 13.1 Å². The number of rotatable bonds is 14. The van der Waals surface area contributed by atoms with Crippen LogP contribution in [0.25, 0.3) is 10.9 Å². The van der Waals surface area contributed by atoms with Crippen LogP contribution < -0.4 is 21.7 Å². The molecule has 210 valence electrons. The number of aromatic amines is 2. The number of amides is 3. The molecule has 13 heteroatoms. The van der Waals surface area contributed by atoms with E-state index in [1.165, 1.54) is 12.5 Å². The maximum Gasteiger partial charge on any atom is 0.326 e. The molecular weight excluding hydrogens is 506 g/mol. The molecule has 0 saturated carbocycles. The van der Waals surface area contributed by atoms with Crippen molar-refractivity contribution in [3.63, 3.8) is 0 Å². The average molecular weight is 542 g/mol. The van der Waals surface area contributed by atoms with Crippen molar-refractivity contribution in [3.05, 3.63) is 54.2 Å². The topological polar surface area (TPSA) is 215 Å². The van der Waals surface area contributed by atoms with Gasteiger partial charge in [-0.2, -0.15) is 0 Å². The molecule has 0 aliphatic heterocycles. The van der Waals surface area contributed by atoms with Gasteiger partial charge in [0.05, 0.1) is 19.0 Å². The fourth-order valence-electron chi connectivity index (χ4n) is 4.14. The molecule has 39 heavy (non-hydrogen) atoms. The van der Waals surface area contributed by atoms with Crippen molar-refractivity contribution in [2.75, 3.05) is 6.61 Å². The SMILES string of the molecule is CCC(C)C(NC(=O)C(CO)NC(=O)C(N)Cc1c[nH]c2ccccc12)C(=O)NC(Cc1cnc[nH]1)C(=O)O. The Hall–Kier alpha value is -4.23. The second kappa shape index (κ2) is 13.5. The van der Waals surface area contributed by atoms with Crippen LogP contribution in [0.2, 0.25) is 0 Å². The number of hydrogen-bond acceptors (Lipinski definition) is 7. The molecule has 5 atom stereocenters. The first-order chi connectivity index (χ1) is 18.6. The van der Waals surface area contributed by atoms with Gasteiger partial charge in [-0.1, -0.05) is 38.5 Å². The number of imidazole rings is 1. The highest BCUT2D eigenvalue weighted by molar-refractivity contribution is 5.94. The zero-order valence-corrected chi connectivity index (χ0v) is 21.8. The number of H-pyrrole nitrogens is 2. The van der Waals surface area contributed by atoms with Crippen LogP contribution in [0.3, 0.4) is 0 Å². The van der Waals surface area contributed by atoms with E-state index >= 15 is 0 Å². The third-order valence-corrected chi connectivity index (χ3v) is 6.65. The zero-order chi connectivity index (χ0) is 28.5. The summed E-state index contributed by atoms with van der Waals surface area (Å²) in [4.78, 5) is 60.3. The third-order valence-electron chi connectivity index (χ3n) is 6.65. The molecule has 5 unspecified atom stereocenters. The van der Waals surface area contributed by atoms with Crippen molar-refractivity contribution in [3.8, 4) is 0 Å². The van der Waals surface area contributed by atoms with Crippen LogP contribution >= 0.6 is 0 Å². The average Bonchev–Trinajstić information content (AvgIpc) is 3.59. The van der Waals surface area contributed by atoms with Crippen molar-refractivity contribution in [2.45, 2.75) is 57.3 Å². The first-order valence-corrected chi connectivity index (χ1v) is 12.7. The van der Waals surface area contributed by atoms with Crippen LogP contribution in [-0.2, 0) is 32.0 Å². The summed E-state index contributed by atoms with van der Waals surface area (Å²) in [6.45, 7) is 2.80. The lowest BCUT2D eigenvalue weighted by Crippen LogP contribution is -2.59.